The summed E-state index contributed by atoms with van der Waals surface area (Å²) in [7, 11) is 3.45. The number of amides is 3. The summed E-state index contributed by atoms with van der Waals surface area (Å²) >= 11 is 0. The van der Waals surface area contributed by atoms with Crippen molar-refractivity contribution in [2.45, 2.75) is 18.9 Å². The van der Waals surface area contributed by atoms with Gasteiger partial charge >= 0.3 is 6.03 Å². The molecule has 1 N–H and O–H groups in total. The second-order valence-electron chi connectivity index (χ2n) is 5.92. The molecular formula is C14H25N3O4. The topological polar surface area (TPSA) is 73.3 Å². The van der Waals surface area contributed by atoms with Gasteiger partial charge in [-0.3, -0.25) is 4.79 Å². The predicted molar refractivity (Wildman–Crippen MR) is 76.8 cm³/mol. The maximum absolute atomic E-state index is 12.6. The van der Waals surface area contributed by atoms with Gasteiger partial charge in [0.1, 0.15) is 0 Å². The first-order valence-corrected chi connectivity index (χ1v) is 7.50. The highest BCUT2D eigenvalue weighted by molar-refractivity contribution is 5.81. The summed E-state index contributed by atoms with van der Waals surface area (Å²) in [6.07, 6.45) is 1.38. The zero-order valence-electron chi connectivity index (χ0n) is 12.8. The van der Waals surface area contributed by atoms with Crippen LogP contribution in [0.3, 0.4) is 0 Å². The number of hydrogen-bond acceptors (Lipinski definition) is 4. The summed E-state index contributed by atoms with van der Waals surface area (Å²) in [5.41, 5.74) is 0. The molecule has 21 heavy (non-hydrogen) atoms. The van der Waals surface area contributed by atoms with E-state index in [0.29, 0.717) is 32.8 Å². The van der Waals surface area contributed by atoms with E-state index in [1.807, 2.05) is 0 Å². The summed E-state index contributed by atoms with van der Waals surface area (Å²) in [6, 6.07) is -0.0392. The molecule has 0 spiro atoms. The Bertz CT molecular complexity index is 388. The third kappa shape index (κ3) is 3.85. The molecular weight excluding hydrogens is 274 g/mol. The molecule has 2 rings (SSSR count). The molecule has 2 fully saturated rings. The van der Waals surface area contributed by atoms with Gasteiger partial charge in [-0.15, -0.1) is 0 Å². The molecule has 0 radical (unpaired) electrons. The van der Waals surface area contributed by atoms with E-state index in [2.05, 4.69) is 0 Å². The van der Waals surface area contributed by atoms with E-state index in [9.17, 15) is 9.59 Å². The molecule has 2 unspecified atom stereocenters. The Morgan fingerprint density at radius 3 is 2.67 bits per heavy atom. The van der Waals surface area contributed by atoms with Gasteiger partial charge < -0.3 is 24.5 Å². The van der Waals surface area contributed by atoms with Crippen LogP contribution in [0.1, 0.15) is 12.8 Å². The monoisotopic (exact) mass is 299 g/mol. The summed E-state index contributed by atoms with van der Waals surface area (Å²) in [5.74, 6) is -0.0619. The molecule has 7 nitrogen and oxygen atoms in total. The van der Waals surface area contributed by atoms with Gasteiger partial charge in [-0.1, -0.05) is 0 Å². The van der Waals surface area contributed by atoms with E-state index in [4.69, 9.17) is 9.84 Å². The molecule has 7 heteroatoms. The van der Waals surface area contributed by atoms with Gasteiger partial charge in [0.25, 0.3) is 0 Å². The highest BCUT2D eigenvalue weighted by atomic mass is 16.5. The van der Waals surface area contributed by atoms with E-state index >= 15 is 0 Å². The second kappa shape index (κ2) is 7.09. The van der Waals surface area contributed by atoms with Crippen LogP contribution in [0.2, 0.25) is 0 Å². The molecule has 2 saturated heterocycles. The summed E-state index contributed by atoms with van der Waals surface area (Å²) < 4.78 is 5.37. The van der Waals surface area contributed by atoms with Gasteiger partial charge in [0, 0.05) is 40.3 Å². The number of carbonyl (C=O) groups excluding carboxylic acids is 2. The van der Waals surface area contributed by atoms with Crippen LogP contribution in [0.25, 0.3) is 0 Å². The quantitative estimate of drug-likeness (QED) is 0.753. The van der Waals surface area contributed by atoms with Crippen LogP contribution in [0.5, 0.6) is 0 Å². The lowest BCUT2D eigenvalue weighted by molar-refractivity contribution is -0.145. The largest absolute Gasteiger partial charge is 0.394 e. The summed E-state index contributed by atoms with van der Waals surface area (Å²) in [6.45, 7) is 2.59. The lowest BCUT2D eigenvalue weighted by Gasteiger charge is -2.38. The van der Waals surface area contributed by atoms with Gasteiger partial charge in [0.05, 0.1) is 25.2 Å². The number of rotatable bonds is 2. The predicted octanol–water partition coefficient (Wildman–Crippen LogP) is -0.400. The lowest BCUT2D eigenvalue weighted by Crippen LogP contribution is -2.53. The lowest BCUT2D eigenvalue weighted by atomic mass is 9.96. The van der Waals surface area contributed by atoms with E-state index < -0.39 is 0 Å². The van der Waals surface area contributed by atoms with Gasteiger partial charge in [-0.25, -0.2) is 4.79 Å². The SMILES string of the molecule is CN(C)C(=O)N1CCCC(C(=O)N2CCOC(CO)C2)C1. The molecule has 2 heterocycles. The van der Waals surface area contributed by atoms with Crippen LogP contribution >= 0.6 is 0 Å². The van der Waals surface area contributed by atoms with E-state index in [1.165, 1.54) is 0 Å². The first kappa shape index (κ1) is 16.0. The molecule has 0 saturated carbocycles. The molecule has 2 aliphatic heterocycles. The fourth-order valence-electron chi connectivity index (χ4n) is 2.92. The molecule has 0 aromatic rings. The average molecular weight is 299 g/mol. The Balaban J connectivity index is 1.94. The number of ether oxygens (including phenoxy) is 1. The Morgan fingerprint density at radius 1 is 1.24 bits per heavy atom. The Morgan fingerprint density at radius 2 is 2.00 bits per heavy atom. The minimum absolute atomic E-state index is 0.0392. The Labute approximate surface area is 125 Å². The fourth-order valence-corrected chi connectivity index (χ4v) is 2.92. The Kier molecular flexibility index (Phi) is 5.41. The van der Waals surface area contributed by atoms with Crippen molar-refractivity contribution in [3.05, 3.63) is 0 Å². The standard InChI is InChI=1S/C14H25N3O4/c1-15(2)14(20)17-5-3-4-11(8-17)13(19)16-6-7-21-12(9-16)10-18/h11-12,18H,3-10H2,1-2H3. The zero-order valence-corrected chi connectivity index (χ0v) is 12.8. The molecule has 2 aliphatic rings. The zero-order chi connectivity index (χ0) is 15.4. The minimum atomic E-state index is -0.286. The number of aliphatic hydroxyl groups is 1. The number of aliphatic hydroxyl groups excluding tert-OH is 1. The highest BCUT2D eigenvalue weighted by Crippen LogP contribution is 2.21. The summed E-state index contributed by atoms with van der Waals surface area (Å²) in [5, 5.41) is 9.16. The van der Waals surface area contributed by atoms with E-state index in [-0.39, 0.29) is 30.6 Å². The number of urea groups is 1. The molecule has 3 amide bonds. The van der Waals surface area contributed by atoms with Crippen molar-refractivity contribution in [3.63, 3.8) is 0 Å². The van der Waals surface area contributed by atoms with Crippen LogP contribution in [-0.2, 0) is 9.53 Å². The van der Waals surface area contributed by atoms with Crippen molar-refractivity contribution in [1.82, 2.24) is 14.7 Å². The molecule has 0 aromatic heterocycles. The first-order valence-electron chi connectivity index (χ1n) is 7.50. The number of likely N-dealkylation sites (tertiary alicyclic amines) is 1. The van der Waals surface area contributed by atoms with Crippen molar-refractivity contribution in [2.75, 3.05) is 53.5 Å². The smallest absolute Gasteiger partial charge is 0.319 e. The number of nitrogens with zero attached hydrogens (tertiary/aromatic N) is 3. The molecule has 2 atom stereocenters. The van der Waals surface area contributed by atoms with Gasteiger partial charge in [-0.2, -0.15) is 0 Å². The average Bonchev–Trinajstić information content (AvgIpc) is 2.53. The fraction of sp³-hybridized carbons (Fsp3) is 0.857. The van der Waals surface area contributed by atoms with Crippen LogP contribution in [-0.4, -0.2) is 91.3 Å². The Hall–Kier alpha value is -1.34. The third-order valence-electron chi connectivity index (χ3n) is 4.08. The first-order chi connectivity index (χ1) is 10.0. The number of hydrogen-bond donors (Lipinski definition) is 1. The van der Waals surface area contributed by atoms with E-state index in [0.717, 1.165) is 12.8 Å². The van der Waals surface area contributed by atoms with Crippen LogP contribution in [0.4, 0.5) is 4.79 Å². The van der Waals surface area contributed by atoms with Crippen LogP contribution in [0.15, 0.2) is 0 Å². The van der Waals surface area contributed by atoms with Crippen LogP contribution in [0, 0.1) is 5.92 Å². The maximum Gasteiger partial charge on any atom is 0.319 e. The van der Waals surface area contributed by atoms with Crippen molar-refractivity contribution in [3.8, 4) is 0 Å². The van der Waals surface area contributed by atoms with Gasteiger partial charge in [0.2, 0.25) is 5.91 Å². The van der Waals surface area contributed by atoms with Crippen molar-refractivity contribution in [2.24, 2.45) is 5.92 Å². The highest BCUT2D eigenvalue weighted by Gasteiger charge is 2.33. The molecule has 0 bridgehead atoms. The summed E-state index contributed by atoms with van der Waals surface area (Å²) in [4.78, 5) is 29.7. The van der Waals surface area contributed by atoms with Gasteiger partial charge in [-0.05, 0) is 12.8 Å². The number of piperidine rings is 1. The van der Waals surface area contributed by atoms with Crippen LogP contribution < -0.4 is 0 Å². The second-order valence-corrected chi connectivity index (χ2v) is 5.92. The van der Waals surface area contributed by atoms with Crippen molar-refractivity contribution >= 4 is 11.9 Å². The number of morpholine rings is 1. The molecule has 0 aromatic carbocycles. The molecule has 0 aliphatic carbocycles. The third-order valence-corrected chi connectivity index (χ3v) is 4.08. The maximum atomic E-state index is 12.6. The van der Waals surface area contributed by atoms with Crippen molar-refractivity contribution < 1.29 is 19.4 Å². The minimum Gasteiger partial charge on any atom is -0.394 e. The molecule has 120 valence electrons. The van der Waals surface area contributed by atoms with Gasteiger partial charge in [0.15, 0.2) is 0 Å². The number of carbonyl (C=O) groups is 2. The van der Waals surface area contributed by atoms with Crippen molar-refractivity contribution in [1.29, 1.82) is 0 Å². The van der Waals surface area contributed by atoms with E-state index in [1.54, 1.807) is 28.8 Å². The normalized spacial score (nSPS) is 26.6.